The molecule has 5 N–H and O–H groups in total. The van der Waals surface area contributed by atoms with Crippen LogP contribution in [0.15, 0.2) is 24.3 Å². The number of anilines is 1. The van der Waals surface area contributed by atoms with Crippen LogP contribution in [-0.2, 0) is 4.79 Å². The SMILES string of the molecule is CN(CC(=O)Nc1ccccc1C(N)=O)C(N)=O. The standard InChI is InChI=1S/C11H14N4O3/c1-15(11(13)18)6-9(16)14-8-5-3-2-4-7(8)10(12)17/h2-5H,6H2,1H3,(H2,12,17)(H2,13,18)(H,14,16). The summed E-state index contributed by atoms with van der Waals surface area (Å²) < 4.78 is 0. The second-order valence-corrected chi connectivity index (χ2v) is 3.65. The Morgan fingerprint density at radius 3 is 2.39 bits per heavy atom. The predicted octanol–water partition coefficient (Wildman–Crippen LogP) is -0.265. The molecule has 18 heavy (non-hydrogen) atoms. The van der Waals surface area contributed by atoms with Gasteiger partial charge in [0.2, 0.25) is 5.91 Å². The summed E-state index contributed by atoms with van der Waals surface area (Å²) >= 11 is 0. The third-order valence-corrected chi connectivity index (χ3v) is 2.22. The molecule has 0 atom stereocenters. The zero-order valence-corrected chi connectivity index (χ0v) is 9.84. The van der Waals surface area contributed by atoms with Crippen molar-refractivity contribution in [3.05, 3.63) is 29.8 Å². The van der Waals surface area contributed by atoms with Gasteiger partial charge in [0.25, 0.3) is 5.91 Å². The largest absolute Gasteiger partial charge is 0.366 e. The number of primary amides is 2. The van der Waals surface area contributed by atoms with Crippen LogP contribution in [0, 0.1) is 0 Å². The lowest BCUT2D eigenvalue weighted by Crippen LogP contribution is -2.38. The number of nitrogens with one attached hydrogen (secondary N) is 1. The van der Waals surface area contributed by atoms with Gasteiger partial charge in [-0.3, -0.25) is 9.59 Å². The molecule has 0 aliphatic carbocycles. The normalized spacial score (nSPS) is 9.61. The van der Waals surface area contributed by atoms with Gasteiger partial charge in [-0.05, 0) is 12.1 Å². The first-order valence-corrected chi connectivity index (χ1v) is 5.11. The molecule has 7 nitrogen and oxygen atoms in total. The number of rotatable bonds is 4. The highest BCUT2D eigenvalue weighted by molar-refractivity contribution is 6.03. The summed E-state index contributed by atoms with van der Waals surface area (Å²) in [5.74, 6) is -1.11. The topological polar surface area (TPSA) is 119 Å². The van der Waals surface area contributed by atoms with Crippen molar-refractivity contribution in [3.63, 3.8) is 0 Å². The zero-order valence-electron chi connectivity index (χ0n) is 9.84. The predicted molar refractivity (Wildman–Crippen MR) is 65.8 cm³/mol. The highest BCUT2D eigenvalue weighted by Gasteiger charge is 2.13. The van der Waals surface area contributed by atoms with Gasteiger partial charge in [-0.25, -0.2) is 4.79 Å². The molecule has 0 saturated heterocycles. The number of nitrogens with zero attached hydrogens (tertiary/aromatic N) is 1. The van der Waals surface area contributed by atoms with E-state index >= 15 is 0 Å². The van der Waals surface area contributed by atoms with E-state index in [-0.39, 0.29) is 12.1 Å². The molecule has 0 aliphatic heterocycles. The highest BCUT2D eigenvalue weighted by atomic mass is 16.2. The summed E-state index contributed by atoms with van der Waals surface area (Å²) in [4.78, 5) is 34.5. The maximum atomic E-state index is 11.6. The lowest BCUT2D eigenvalue weighted by molar-refractivity contribution is -0.116. The Bertz CT molecular complexity index is 487. The molecule has 0 spiro atoms. The molecule has 0 fully saturated rings. The molecular formula is C11H14N4O3. The second kappa shape index (κ2) is 5.67. The van der Waals surface area contributed by atoms with Gasteiger partial charge in [0.1, 0.15) is 6.54 Å². The Balaban J connectivity index is 2.76. The van der Waals surface area contributed by atoms with Crippen molar-refractivity contribution in [2.75, 3.05) is 18.9 Å². The minimum Gasteiger partial charge on any atom is -0.366 e. The van der Waals surface area contributed by atoms with Gasteiger partial charge < -0.3 is 21.7 Å². The zero-order chi connectivity index (χ0) is 13.7. The van der Waals surface area contributed by atoms with Crippen LogP contribution in [0.1, 0.15) is 10.4 Å². The van der Waals surface area contributed by atoms with Crippen molar-refractivity contribution in [1.29, 1.82) is 0 Å². The van der Waals surface area contributed by atoms with Crippen molar-refractivity contribution < 1.29 is 14.4 Å². The summed E-state index contributed by atoms with van der Waals surface area (Å²) in [6, 6.07) is 5.61. The van der Waals surface area contributed by atoms with Crippen LogP contribution >= 0.6 is 0 Å². The van der Waals surface area contributed by atoms with E-state index in [4.69, 9.17) is 11.5 Å². The Labute approximate surface area is 104 Å². The Morgan fingerprint density at radius 1 is 1.22 bits per heavy atom. The number of para-hydroxylation sites is 1. The van der Waals surface area contributed by atoms with Crippen LogP contribution in [0.5, 0.6) is 0 Å². The fourth-order valence-corrected chi connectivity index (χ4v) is 1.29. The van der Waals surface area contributed by atoms with Gasteiger partial charge in [0, 0.05) is 7.05 Å². The van der Waals surface area contributed by atoms with Gasteiger partial charge in [-0.2, -0.15) is 0 Å². The molecule has 0 aliphatic rings. The van der Waals surface area contributed by atoms with Crippen LogP contribution in [0.2, 0.25) is 0 Å². The van der Waals surface area contributed by atoms with E-state index in [2.05, 4.69) is 5.32 Å². The molecular weight excluding hydrogens is 236 g/mol. The lowest BCUT2D eigenvalue weighted by Gasteiger charge is -2.14. The minimum absolute atomic E-state index is 0.201. The number of likely N-dealkylation sites (N-methyl/N-ethyl adjacent to an activating group) is 1. The summed E-state index contributed by atoms with van der Waals surface area (Å²) in [6.45, 7) is -0.206. The number of hydrogen-bond acceptors (Lipinski definition) is 3. The highest BCUT2D eigenvalue weighted by Crippen LogP contribution is 2.13. The van der Waals surface area contributed by atoms with E-state index in [0.717, 1.165) is 4.90 Å². The van der Waals surface area contributed by atoms with E-state index in [1.54, 1.807) is 18.2 Å². The fraction of sp³-hybridized carbons (Fsp3) is 0.182. The van der Waals surface area contributed by atoms with Crippen molar-refractivity contribution in [3.8, 4) is 0 Å². The molecule has 4 amide bonds. The van der Waals surface area contributed by atoms with Gasteiger partial charge in [-0.1, -0.05) is 12.1 Å². The molecule has 1 aromatic carbocycles. The molecule has 0 unspecified atom stereocenters. The summed E-state index contributed by atoms with van der Waals surface area (Å²) in [6.07, 6.45) is 0. The molecule has 7 heteroatoms. The van der Waals surface area contributed by atoms with E-state index in [9.17, 15) is 14.4 Å². The molecule has 0 heterocycles. The van der Waals surface area contributed by atoms with E-state index in [0.29, 0.717) is 5.69 Å². The van der Waals surface area contributed by atoms with Crippen molar-refractivity contribution >= 4 is 23.5 Å². The van der Waals surface area contributed by atoms with E-state index in [1.807, 2.05) is 0 Å². The number of amides is 4. The quantitative estimate of drug-likeness (QED) is 0.682. The van der Waals surface area contributed by atoms with Gasteiger partial charge in [-0.15, -0.1) is 0 Å². The molecule has 1 rings (SSSR count). The molecule has 0 bridgehead atoms. The van der Waals surface area contributed by atoms with Crippen LogP contribution in [0.4, 0.5) is 10.5 Å². The molecule has 1 aromatic rings. The van der Waals surface area contributed by atoms with Gasteiger partial charge in [0.15, 0.2) is 0 Å². The Hall–Kier alpha value is -2.57. The first-order chi connectivity index (χ1) is 8.41. The van der Waals surface area contributed by atoms with Crippen molar-refractivity contribution in [2.45, 2.75) is 0 Å². The van der Waals surface area contributed by atoms with E-state index < -0.39 is 17.8 Å². The number of hydrogen-bond donors (Lipinski definition) is 3. The molecule has 0 aromatic heterocycles. The first-order valence-electron chi connectivity index (χ1n) is 5.11. The van der Waals surface area contributed by atoms with Crippen LogP contribution in [0.25, 0.3) is 0 Å². The third-order valence-electron chi connectivity index (χ3n) is 2.22. The minimum atomic E-state index is -0.715. The number of urea groups is 1. The van der Waals surface area contributed by atoms with Crippen LogP contribution in [-0.4, -0.2) is 36.3 Å². The number of carbonyl (C=O) groups is 3. The fourth-order valence-electron chi connectivity index (χ4n) is 1.29. The Morgan fingerprint density at radius 2 is 1.83 bits per heavy atom. The average Bonchev–Trinajstić information content (AvgIpc) is 2.28. The lowest BCUT2D eigenvalue weighted by atomic mass is 10.1. The van der Waals surface area contributed by atoms with Crippen LogP contribution in [0.3, 0.4) is 0 Å². The number of carbonyl (C=O) groups excluding carboxylic acids is 3. The third kappa shape index (κ3) is 3.48. The first kappa shape index (κ1) is 13.5. The van der Waals surface area contributed by atoms with Gasteiger partial charge >= 0.3 is 6.03 Å². The molecule has 0 radical (unpaired) electrons. The maximum absolute atomic E-state index is 11.6. The van der Waals surface area contributed by atoms with Gasteiger partial charge in [0.05, 0.1) is 11.3 Å². The van der Waals surface area contributed by atoms with E-state index in [1.165, 1.54) is 13.1 Å². The average molecular weight is 250 g/mol. The second-order valence-electron chi connectivity index (χ2n) is 3.65. The van der Waals surface area contributed by atoms with Crippen molar-refractivity contribution in [2.24, 2.45) is 11.5 Å². The van der Waals surface area contributed by atoms with Crippen molar-refractivity contribution in [1.82, 2.24) is 4.90 Å². The summed E-state index contributed by atoms with van der Waals surface area (Å²) in [5.41, 5.74) is 10.7. The molecule has 96 valence electrons. The number of benzene rings is 1. The number of nitrogens with two attached hydrogens (primary N) is 2. The van der Waals surface area contributed by atoms with Crippen LogP contribution < -0.4 is 16.8 Å². The Kier molecular flexibility index (Phi) is 4.25. The summed E-state index contributed by atoms with van der Waals surface area (Å²) in [7, 11) is 1.39. The summed E-state index contributed by atoms with van der Waals surface area (Å²) in [5, 5.41) is 2.49. The smallest absolute Gasteiger partial charge is 0.314 e. The maximum Gasteiger partial charge on any atom is 0.314 e. The molecule has 0 saturated carbocycles. The monoisotopic (exact) mass is 250 g/mol.